The highest BCUT2D eigenvalue weighted by Gasteiger charge is 2.35. The van der Waals surface area contributed by atoms with Crippen LogP contribution in [0.3, 0.4) is 0 Å². The molecule has 47 heavy (non-hydrogen) atoms. The van der Waals surface area contributed by atoms with Crippen LogP contribution < -0.4 is 24.4 Å². The Morgan fingerprint density at radius 1 is 0.957 bits per heavy atom. The molecule has 0 N–H and O–H groups in total. The van der Waals surface area contributed by atoms with Crippen molar-refractivity contribution < 1.29 is 19.0 Å². The van der Waals surface area contributed by atoms with E-state index in [2.05, 4.69) is 4.57 Å². The quantitative estimate of drug-likeness (QED) is 0.170. The Morgan fingerprint density at radius 3 is 2.38 bits per heavy atom. The molecule has 3 aromatic carbocycles. The molecule has 11 heteroatoms. The summed E-state index contributed by atoms with van der Waals surface area (Å²) in [6.07, 6.45) is 1.86. The molecule has 8 nitrogen and oxygen atoms in total. The number of thiazole rings is 1. The van der Waals surface area contributed by atoms with Crippen molar-refractivity contribution in [3.63, 3.8) is 0 Å². The van der Waals surface area contributed by atoms with Gasteiger partial charge in [0.1, 0.15) is 0 Å². The van der Waals surface area contributed by atoms with Crippen molar-refractivity contribution in [3.8, 4) is 17.2 Å². The smallest absolute Gasteiger partial charge is 0.338 e. The maximum absolute atomic E-state index is 14.4. The number of halogens is 2. The summed E-state index contributed by atoms with van der Waals surface area (Å²) in [6, 6.07) is 21.4. The fraction of sp³-hybridized carbons (Fsp3) is 0.194. The van der Waals surface area contributed by atoms with E-state index in [0.717, 1.165) is 28.2 Å². The van der Waals surface area contributed by atoms with Crippen LogP contribution in [0.2, 0.25) is 10.0 Å². The third-order valence-electron chi connectivity index (χ3n) is 8.02. The van der Waals surface area contributed by atoms with Crippen LogP contribution >= 0.6 is 34.5 Å². The van der Waals surface area contributed by atoms with Gasteiger partial charge in [0.25, 0.3) is 5.56 Å². The van der Waals surface area contributed by atoms with Gasteiger partial charge in [-0.15, -0.1) is 0 Å². The topological polar surface area (TPSA) is 84.1 Å². The van der Waals surface area contributed by atoms with Gasteiger partial charge in [0.05, 0.1) is 52.7 Å². The van der Waals surface area contributed by atoms with Crippen LogP contribution in [-0.2, 0) is 9.53 Å². The first kappa shape index (κ1) is 32.4. The fourth-order valence-corrected chi connectivity index (χ4v) is 7.16. The largest absolute Gasteiger partial charge is 0.493 e. The molecular weight excluding hydrogens is 657 g/mol. The lowest BCUT2D eigenvalue weighted by Gasteiger charge is -2.26. The summed E-state index contributed by atoms with van der Waals surface area (Å²) in [4.78, 5) is 33.6. The molecule has 0 bridgehead atoms. The number of benzene rings is 3. The third-order valence-corrected chi connectivity index (χ3v) is 9.74. The number of hydrogen-bond acceptors (Lipinski definition) is 7. The fourth-order valence-electron chi connectivity index (χ4n) is 5.88. The molecule has 0 aliphatic carbocycles. The van der Waals surface area contributed by atoms with Gasteiger partial charge in [-0.3, -0.25) is 9.36 Å². The van der Waals surface area contributed by atoms with E-state index in [0.29, 0.717) is 42.1 Å². The van der Waals surface area contributed by atoms with Gasteiger partial charge >= 0.3 is 5.97 Å². The Bertz CT molecular complexity index is 2230. The van der Waals surface area contributed by atoms with E-state index in [9.17, 15) is 9.59 Å². The van der Waals surface area contributed by atoms with E-state index in [4.69, 9.17) is 42.4 Å². The monoisotopic (exact) mass is 687 g/mol. The second-order valence-corrected chi connectivity index (χ2v) is 12.6. The van der Waals surface area contributed by atoms with E-state index >= 15 is 0 Å². The third kappa shape index (κ3) is 5.91. The second-order valence-electron chi connectivity index (χ2n) is 10.8. The maximum atomic E-state index is 14.4. The Labute approximate surface area is 285 Å². The molecular formula is C36H31Cl2N3O5S. The zero-order valence-corrected chi connectivity index (χ0v) is 28.7. The predicted octanol–water partition coefficient (Wildman–Crippen LogP) is 6.67. The standard InChI is InChI=1S/C36H31Cl2N3O5S/c1-6-46-35(43)31-32(22-10-8-7-9-11-22)39-36-41(33(31)23-12-15-28(44-4)29(17-23)45-5)34(42)30(47-36)18-24-16-20(2)40(21(24)3)25-13-14-26(37)27(38)19-25/h7-19,33H,6H2,1-5H3/b30-18-/t33-/m0/s1. The minimum atomic E-state index is -0.855. The molecule has 0 saturated carbocycles. The normalized spacial score (nSPS) is 14.5. The van der Waals surface area contributed by atoms with Crippen molar-refractivity contribution in [2.45, 2.75) is 26.8 Å². The SMILES string of the molecule is CCOC(=O)C1=C(c2ccccc2)N=c2s/c(=C\c3cc(C)n(-c4ccc(Cl)c(Cl)c4)c3C)c(=O)n2[C@H]1c1ccc(OC)c(OC)c1. The van der Waals surface area contributed by atoms with Gasteiger partial charge in [0.2, 0.25) is 0 Å². The van der Waals surface area contributed by atoms with Crippen molar-refractivity contribution >= 4 is 52.3 Å². The summed E-state index contributed by atoms with van der Waals surface area (Å²) in [6.45, 7) is 5.87. The van der Waals surface area contributed by atoms with Gasteiger partial charge in [0, 0.05) is 22.6 Å². The van der Waals surface area contributed by atoms with Crippen LogP contribution in [0.1, 0.15) is 41.0 Å². The van der Waals surface area contributed by atoms with E-state index in [1.807, 2.05) is 74.5 Å². The van der Waals surface area contributed by atoms with Crippen LogP contribution in [0.4, 0.5) is 0 Å². The van der Waals surface area contributed by atoms with Crippen LogP contribution in [0, 0.1) is 13.8 Å². The highest BCUT2D eigenvalue weighted by Crippen LogP contribution is 2.38. The van der Waals surface area contributed by atoms with Gasteiger partial charge in [-0.2, -0.15) is 0 Å². The van der Waals surface area contributed by atoms with Gasteiger partial charge < -0.3 is 18.8 Å². The number of rotatable bonds is 8. The van der Waals surface area contributed by atoms with Crippen LogP contribution in [0.25, 0.3) is 17.5 Å². The molecule has 0 unspecified atom stereocenters. The molecule has 5 aromatic rings. The van der Waals surface area contributed by atoms with Crippen molar-refractivity contribution in [1.29, 1.82) is 0 Å². The number of aryl methyl sites for hydroxylation is 1. The zero-order chi connectivity index (χ0) is 33.4. The summed E-state index contributed by atoms with van der Waals surface area (Å²) >= 11 is 13.8. The lowest BCUT2D eigenvalue weighted by atomic mass is 9.93. The van der Waals surface area contributed by atoms with Gasteiger partial charge in [-0.25, -0.2) is 9.79 Å². The molecule has 0 amide bonds. The molecule has 0 spiro atoms. The molecule has 1 aliphatic heterocycles. The molecule has 0 radical (unpaired) electrons. The van der Waals surface area contributed by atoms with E-state index in [1.54, 1.807) is 43.9 Å². The highest BCUT2D eigenvalue weighted by atomic mass is 35.5. The predicted molar refractivity (Wildman–Crippen MR) is 186 cm³/mol. The first-order valence-corrected chi connectivity index (χ1v) is 16.4. The molecule has 0 saturated heterocycles. The summed E-state index contributed by atoms with van der Waals surface area (Å²) in [5.41, 5.74) is 5.35. The first-order valence-electron chi connectivity index (χ1n) is 14.8. The van der Waals surface area contributed by atoms with Gasteiger partial charge in [-0.1, -0.05) is 70.9 Å². The van der Waals surface area contributed by atoms with Crippen molar-refractivity contribution in [2.75, 3.05) is 20.8 Å². The summed E-state index contributed by atoms with van der Waals surface area (Å²) < 4.78 is 20.8. The summed E-state index contributed by atoms with van der Waals surface area (Å²) in [5, 5.41) is 0.925. The summed E-state index contributed by atoms with van der Waals surface area (Å²) in [7, 11) is 3.09. The highest BCUT2D eigenvalue weighted by molar-refractivity contribution is 7.07. The minimum absolute atomic E-state index is 0.155. The van der Waals surface area contributed by atoms with Gasteiger partial charge in [-0.05, 0) is 74.4 Å². The molecule has 0 fully saturated rings. The van der Waals surface area contributed by atoms with Crippen molar-refractivity contribution in [1.82, 2.24) is 9.13 Å². The maximum Gasteiger partial charge on any atom is 0.338 e. The lowest BCUT2D eigenvalue weighted by Crippen LogP contribution is -2.40. The number of hydrogen-bond donors (Lipinski definition) is 0. The van der Waals surface area contributed by atoms with Crippen LogP contribution in [0.15, 0.2) is 88.2 Å². The Hall–Kier alpha value is -4.57. The number of carbonyl (C=O) groups excluding carboxylic acids is 1. The number of ether oxygens (including phenoxy) is 3. The number of fused-ring (bicyclic) bond motifs is 1. The second kappa shape index (κ2) is 13.3. The van der Waals surface area contributed by atoms with E-state index in [1.165, 1.54) is 11.3 Å². The first-order chi connectivity index (χ1) is 22.7. The van der Waals surface area contributed by atoms with Crippen LogP contribution in [-0.4, -0.2) is 35.9 Å². The number of esters is 1. The zero-order valence-electron chi connectivity index (χ0n) is 26.3. The lowest BCUT2D eigenvalue weighted by molar-refractivity contribution is -0.138. The Balaban J connectivity index is 1.61. The number of methoxy groups -OCH3 is 2. The average molecular weight is 689 g/mol. The molecule has 2 aromatic heterocycles. The molecule has 6 rings (SSSR count). The molecule has 240 valence electrons. The Morgan fingerprint density at radius 2 is 1.70 bits per heavy atom. The van der Waals surface area contributed by atoms with Crippen molar-refractivity contribution in [3.05, 3.63) is 136 Å². The summed E-state index contributed by atoms with van der Waals surface area (Å²) in [5.74, 6) is 0.420. The van der Waals surface area contributed by atoms with E-state index < -0.39 is 12.0 Å². The molecule has 1 aliphatic rings. The minimum Gasteiger partial charge on any atom is -0.493 e. The van der Waals surface area contributed by atoms with Gasteiger partial charge in [0.15, 0.2) is 16.3 Å². The van der Waals surface area contributed by atoms with E-state index in [-0.39, 0.29) is 17.7 Å². The number of nitrogens with zero attached hydrogens (tertiary/aromatic N) is 3. The average Bonchev–Trinajstić information content (AvgIpc) is 3.54. The molecule has 1 atom stereocenters. The number of aromatic nitrogens is 2. The van der Waals surface area contributed by atoms with Crippen molar-refractivity contribution in [2.24, 2.45) is 4.99 Å². The number of carbonyl (C=O) groups is 1. The van der Waals surface area contributed by atoms with Crippen LogP contribution in [0.5, 0.6) is 11.5 Å². The molecule has 3 heterocycles. The Kier molecular flexibility index (Phi) is 9.14.